The Morgan fingerprint density at radius 2 is 2.07 bits per heavy atom. The van der Waals surface area contributed by atoms with Crippen LogP contribution in [0.3, 0.4) is 0 Å². The number of aromatic nitrogens is 2. The van der Waals surface area contributed by atoms with E-state index in [9.17, 15) is 0 Å². The fourth-order valence-electron chi connectivity index (χ4n) is 1.78. The quantitative estimate of drug-likeness (QED) is 0.755. The first kappa shape index (κ1) is 9.93. The molecule has 0 bridgehead atoms. The van der Waals surface area contributed by atoms with Crippen LogP contribution in [0, 0.1) is 0 Å². The number of hydrogen-bond acceptors (Lipinski definition) is 4. The molecule has 4 heteroatoms. The lowest BCUT2D eigenvalue weighted by molar-refractivity contribution is 0.451. The van der Waals surface area contributed by atoms with Gasteiger partial charge in [-0.2, -0.15) is 0 Å². The Morgan fingerprint density at radius 1 is 1.29 bits per heavy atom. The minimum Gasteiger partial charge on any atom is -0.328 e. The van der Waals surface area contributed by atoms with Crippen LogP contribution < -0.4 is 5.73 Å². The summed E-state index contributed by atoms with van der Waals surface area (Å²) < 4.78 is 0. The maximum Gasteiger partial charge on any atom is 0.187 e. The largest absolute Gasteiger partial charge is 0.328 e. The van der Waals surface area contributed by atoms with Crippen molar-refractivity contribution in [3.8, 4) is 0 Å². The molecule has 76 valence electrons. The predicted octanol–water partition coefficient (Wildman–Crippen LogP) is 1.84. The van der Waals surface area contributed by atoms with Crippen LogP contribution in [0.5, 0.6) is 0 Å². The molecule has 3 nitrogen and oxygen atoms in total. The molecule has 0 spiro atoms. The summed E-state index contributed by atoms with van der Waals surface area (Å²) in [6.45, 7) is 0. The lowest BCUT2D eigenvalue weighted by atomic mass is 9.96. The number of nitrogens with two attached hydrogens (primary N) is 1. The van der Waals surface area contributed by atoms with Crippen LogP contribution in [0.4, 0.5) is 0 Å². The van der Waals surface area contributed by atoms with Gasteiger partial charge in [0.1, 0.15) is 0 Å². The highest BCUT2D eigenvalue weighted by atomic mass is 32.2. The summed E-state index contributed by atoms with van der Waals surface area (Å²) in [5.41, 5.74) is 5.92. The van der Waals surface area contributed by atoms with E-state index in [2.05, 4.69) is 9.97 Å². The zero-order chi connectivity index (χ0) is 9.80. The van der Waals surface area contributed by atoms with E-state index in [1.165, 1.54) is 19.3 Å². The molecule has 2 unspecified atom stereocenters. The molecular formula is C10H15N3S. The lowest BCUT2D eigenvalue weighted by Gasteiger charge is -2.25. The summed E-state index contributed by atoms with van der Waals surface area (Å²) in [5, 5.41) is 1.49. The molecular weight excluding hydrogens is 194 g/mol. The Hall–Kier alpha value is -0.610. The van der Waals surface area contributed by atoms with Crippen LogP contribution in [-0.4, -0.2) is 21.3 Å². The van der Waals surface area contributed by atoms with Crippen molar-refractivity contribution >= 4 is 11.8 Å². The predicted molar refractivity (Wildman–Crippen MR) is 58.1 cm³/mol. The van der Waals surface area contributed by atoms with Crippen LogP contribution in [0.2, 0.25) is 0 Å². The second kappa shape index (κ2) is 4.75. The van der Waals surface area contributed by atoms with Gasteiger partial charge >= 0.3 is 0 Å². The Bertz CT molecular complexity index is 278. The van der Waals surface area contributed by atoms with E-state index in [1.54, 1.807) is 24.2 Å². The summed E-state index contributed by atoms with van der Waals surface area (Å²) in [7, 11) is 0. The van der Waals surface area contributed by atoms with Gasteiger partial charge in [-0.05, 0) is 25.3 Å². The summed E-state index contributed by atoms with van der Waals surface area (Å²) in [6, 6.07) is 2.22. The topological polar surface area (TPSA) is 51.8 Å². The van der Waals surface area contributed by atoms with Gasteiger partial charge < -0.3 is 5.73 Å². The van der Waals surface area contributed by atoms with Gasteiger partial charge in [0, 0.05) is 23.7 Å². The SMILES string of the molecule is NC1CCCC(Sc2ncccn2)C1. The molecule has 1 aromatic rings. The van der Waals surface area contributed by atoms with Gasteiger partial charge in [0.2, 0.25) is 0 Å². The van der Waals surface area contributed by atoms with Crippen LogP contribution in [-0.2, 0) is 0 Å². The summed E-state index contributed by atoms with van der Waals surface area (Å²) in [5.74, 6) is 0. The first-order chi connectivity index (χ1) is 6.84. The molecule has 1 fully saturated rings. The smallest absolute Gasteiger partial charge is 0.187 e. The number of hydrogen-bond donors (Lipinski definition) is 1. The Kier molecular flexibility index (Phi) is 3.37. The first-order valence-electron chi connectivity index (χ1n) is 5.04. The van der Waals surface area contributed by atoms with Gasteiger partial charge in [0.05, 0.1) is 0 Å². The fraction of sp³-hybridized carbons (Fsp3) is 0.600. The Morgan fingerprint density at radius 3 is 2.79 bits per heavy atom. The highest BCUT2D eigenvalue weighted by Gasteiger charge is 2.20. The third-order valence-corrected chi connectivity index (χ3v) is 3.66. The van der Waals surface area contributed by atoms with Gasteiger partial charge in [-0.3, -0.25) is 0 Å². The maximum absolute atomic E-state index is 5.92. The van der Waals surface area contributed by atoms with Crippen molar-refractivity contribution in [2.45, 2.75) is 42.1 Å². The standard InChI is InChI=1S/C10H15N3S/c11-8-3-1-4-9(7-8)14-10-12-5-2-6-13-10/h2,5-6,8-9H,1,3-4,7,11H2. The number of rotatable bonds is 2. The lowest BCUT2D eigenvalue weighted by Crippen LogP contribution is -2.29. The molecule has 1 heterocycles. The van der Waals surface area contributed by atoms with E-state index in [1.807, 2.05) is 6.07 Å². The molecule has 0 aliphatic heterocycles. The van der Waals surface area contributed by atoms with Crippen molar-refractivity contribution in [2.75, 3.05) is 0 Å². The summed E-state index contributed by atoms with van der Waals surface area (Å²) in [6.07, 6.45) is 8.34. The van der Waals surface area contributed by atoms with Crippen molar-refractivity contribution in [3.05, 3.63) is 18.5 Å². The second-order valence-corrected chi connectivity index (χ2v) is 4.97. The molecule has 0 aromatic carbocycles. The monoisotopic (exact) mass is 209 g/mol. The zero-order valence-electron chi connectivity index (χ0n) is 8.10. The average Bonchev–Trinajstić information content (AvgIpc) is 2.19. The molecule has 0 radical (unpaired) electrons. The third-order valence-electron chi connectivity index (χ3n) is 2.48. The van der Waals surface area contributed by atoms with E-state index < -0.39 is 0 Å². The van der Waals surface area contributed by atoms with E-state index in [-0.39, 0.29) is 0 Å². The average molecular weight is 209 g/mol. The normalized spacial score (nSPS) is 27.5. The molecule has 1 saturated carbocycles. The minimum atomic E-state index is 0.380. The highest BCUT2D eigenvalue weighted by Crippen LogP contribution is 2.30. The van der Waals surface area contributed by atoms with E-state index in [0.717, 1.165) is 11.6 Å². The molecule has 1 aliphatic carbocycles. The number of thioether (sulfide) groups is 1. The summed E-state index contributed by atoms with van der Waals surface area (Å²) in [4.78, 5) is 8.42. The van der Waals surface area contributed by atoms with E-state index in [0.29, 0.717) is 11.3 Å². The maximum atomic E-state index is 5.92. The minimum absolute atomic E-state index is 0.380. The zero-order valence-corrected chi connectivity index (χ0v) is 8.91. The molecule has 1 aliphatic rings. The van der Waals surface area contributed by atoms with Gasteiger partial charge in [-0.15, -0.1) is 0 Å². The molecule has 14 heavy (non-hydrogen) atoms. The molecule has 0 saturated heterocycles. The summed E-state index contributed by atoms with van der Waals surface area (Å²) >= 11 is 1.77. The second-order valence-electron chi connectivity index (χ2n) is 3.70. The van der Waals surface area contributed by atoms with Gasteiger partial charge in [0.25, 0.3) is 0 Å². The van der Waals surface area contributed by atoms with Crippen molar-refractivity contribution in [1.82, 2.24) is 9.97 Å². The van der Waals surface area contributed by atoms with E-state index in [4.69, 9.17) is 5.73 Å². The number of nitrogens with zero attached hydrogens (tertiary/aromatic N) is 2. The van der Waals surface area contributed by atoms with Crippen LogP contribution in [0.1, 0.15) is 25.7 Å². The van der Waals surface area contributed by atoms with Crippen molar-refractivity contribution in [3.63, 3.8) is 0 Å². The fourth-order valence-corrected chi connectivity index (χ4v) is 2.95. The molecule has 2 N–H and O–H groups in total. The highest BCUT2D eigenvalue weighted by molar-refractivity contribution is 7.99. The molecule has 2 atom stereocenters. The van der Waals surface area contributed by atoms with Gasteiger partial charge in [-0.25, -0.2) is 9.97 Å². The molecule has 0 amide bonds. The first-order valence-corrected chi connectivity index (χ1v) is 5.92. The third kappa shape index (κ3) is 2.69. The Labute approximate surface area is 88.5 Å². The van der Waals surface area contributed by atoms with E-state index >= 15 is 0 Å². The van der Waals surface area contributed by atoms with Crippen LogP contribution >= 0.6 is 11.8 Å². The Balaban J connectivity index is 1.91. The van der Waals surface area contributed by atoms with Gasteiger partial charge in [-0.1, -0.05) is 18.2 Å². The van der Waals surface area contributed by atoms with Crippen molar-refractivity contribution < 1.29 is 0 Å². The van der Waals surface area contributed by atoms with Gasteiger partial charge in [0.15, 0.2) is 5.16 Å². The van der Waals surface area contributed by atoms with Crippen molar-refractivity contribution in [1.29, 1.82) is 0 Å². The molecule has 2 rings (SSSR count). The van der Waals surface area contributed by atoms with Crippen LogP contribution in [0.25, 0.3) is 0 Å². The van der Waals surface area contributed by atoms with Crippen molar-refractivity contribution in [2.24, 2.45) is 5.73 Å². The molecule has 1 aromatic heterocycles. The van der Waals surface area contributed by atoms with Crippen LogP contribution in [0.15, 0.2) is 23.6 Å².